The number of halogens is 5. The van der Waals surface area contributed by atoms with Crippen molar-refractivity contribution in [2.75, 3.05) is 0 Å². The van der Waals surface area contributed by atoms with Crippen LogP contribution in [0.4, 0.5) is 13.2 Å². The van der Waals surface area contributed by atoms with Crippen molar-refractivity contribution < 1.29 is 18.0 Å². The number of H-pyrrole nitrogens is 1. The average Bonchev–Trinajstić information content (AvgIpc) is 3.01. The SMILES string of the molecule is C/C(=N\NC(=O)c1ccc(C(F)(F)F)cc1)c1c(C)[nH]n(-c2ccc(Cl)c(Cl)c2)c1=O. The van der Waals surface area contributed by atoms with Crippen LogP contribution in [0.15, 0.2) is 52.4 Å². The summed E-state index contributed by atoms with van der Waals surface area (Å²) in [6.45, 7) is 3.17. The first-order valence-corrected chi connectivity index (χ1v) is 9.54. The van der Waals surface area contributed by atoms with E-state index in [1.54, 1.807) is 19.1 Å². The van der Waals surface area contributed by atoms with Crippen molar-refractivity contribution in [3.05, 3.63) is 85.2 Å². The molecule has 0 saturated heterocycles. The predicted octanol–water partition coefficient (Wildman–Crippen LogP) is 4.95. The molecule has 0 atom stereocenters. The van der Waals surface area contributed by atoms with E-state index in [2.05, 4.69) is 15.6 Å². The van der Waals surface area contributed by atoms with Crippen LogP contribution in [0.3, 0.4) is 0 Å². The number of nitrogens with zero attached hydrogens (tertiary/aromatic N) is 2. The number of rotatable bonds is 4. The number of hydrogen-bond acceptors (Lipinski definition) is 3. The zero-order chi connectivity index (χ0) is 22.9. The fraction of sp³-hybridized carbons (Fsp3) is 0.150. The van der Waals surface area contributed by atoms with E-state index in [4.69, 9.17) is 23.2 Å². The van der Waals surface area contributed by atoms with E-state index in [-0.39, 0.29) is 21.9 Å². The maximum absolute atomic E-state index is 12.8. The Kier molecular flexibility index (Phi) is 6.28. The minimum Gasteiger partial charge on any atom is -0.295 e. The fourth-order valence-corrected chi connectivity index (χ4v) is 3.14. The topological polar surface area (TPSA) is 79.2 Å². The molecule has 0 fully saturated rings. The highest BCUT2D eigenvalue weighted by Gasteiger charge is 2.30. The lowest BCUT2D eigenvalue weighted by Crippen LogP contribution is -2.23. The predicted molar refractivity (Wildman–Crippen MR) is 112 cm³/mol. The standard InChI is InChI=1S/C20H15Cl2F3N4O2/c1-10(26-27-18(30)12-3-5-13(6-4-12)20(23,24)25)17-11(2)28-29(19(17)31)14-7-8-15(21)16(22)9-14/h3-9,28H,1-2H3,(H,27,30)/b26-10+. The average molecular weight is 471 g/mol. The number of hydrogen-bond donors (Lipinski definition) is 2. The van der Waals surface area contributed by atoms with Crippen LogP contribution in [-0.2, 0) is 6.18 Å². The third kappa shape index (κ3) is 4.83. The number of hydrazone groups is 1. The highest BCUT2D eigenvalue weighted by Crippen LogP contribution is 2.29. The zero-order valence-electron chi connectivity index (χ0n) is 16.1. The van der Waals surface area contributed by atoms with Crippen molar-refractivity contribution in [2.24, 2.45) is 5.10 Å². The Balaban J connectivity index is 1.83. The van der Waals surface area contributed by atoms with Crippen LogP contribution in [0.1, 0.15) is 34.1 Å². The molecule has 0 saturated carbocycles. The molecule has 31 heavy (non-hydrogen) atoms. The molecule has 3 rings (SSSR count). The molecule has 1 amide bonds. The van der Waals surface area contributed by atoms with E-state index in [0.29, 0.717) is 16.4 Å². The lowest BCUT2D eigenvalue weighted by Gasteiger charge is -2.07. The normalized spacial score (nSPS) is 12.2. The van der Waals surface area contributed by atoms with Gasteiger partial charge in [-0.25, -0.2) is 10.1 Å². The molecule has 0 aliphatic heterocycles. The van der Waals surface area contributed by atoms with Crippen LogP contribution in [0.25, 0.3) is 5.69 Å². The summed E-state index contributed by atoms with van der Waals surface area (Å²) in [4.78, 5) is 25.0. The lowest BCUT2D eigenvalue weighted by molar-refractivity contribution is -0.137. The first kappa shape index (κ1) is 22.6. The van der Waals surface area contributed by atoms with Gasteiger partial charge >= 0.3 is 6.18 Å². The lowest BCUT2D eigenvalue weighted by atomic mass is 10.1. The van der Waals surface area contributed by atoms with Crippen LogP contribution >= 0.6 is 23.2 Å². The Hall–Kier alpha value is -3.04. The Morgan fingerprint density at radius 3 is 2.32 bits per heavy atom. The van der Waals surface area contributed by atoms with Gasteiger partial charge in [-0.3, -0.25) is 14.7 Å². The Morgan fingerprint density at radius 2 is 1.74 bits per heavy atom. The first-order chi connectivity index (χ1) is 14.5. The zero-order valence-corrected chi connectivity index (χ0v) is 17.7. The minimum atomic E-state index is -4.50. The number of alkyl halides is 3. The van der Waals surface area contributed by atoms with Crippen LogP contribution in [0.2, 0.25) is 10.0 Å². The van der Waals surface area contributed by atoms with Gasteiger partial charge in [-0.2, -0.15) is 18.3 Å². The van der Waals surface area contributed by atoms with Crippen molar-refractivity contribution in [2.45, 2.75) is 20.0 Å². The van der Waals surface area contributed by atoms with Gasteiger partial charge in [0.2, 0.25) is 0 Å². The number of aromatic nitrogens is 2. The van der Waals surface area contributed by atoms with E-state index in [1.807, 2.05) is 0 Å². The molecular weight excluding hydrogens is 456 g/mol. The summed E-state index contributed by atoms with van der Waals surface area (Å²) in [7, 11) is 0. The summed E-state index contributed by atoms with van der Waals surface area (Å²) < 4.78 is 39.2. The summed E-state index contributed by atoms with van der Waals surface area (Å²) in [6.07, 6.45) is -4.50. The highest BCUT2D eigenvalue weighted by molar-refractivity contribution is 6.42. The minimum absolute atomic E-state index is 0.0106. The number of aromatic amines is 1. The van der Waals surface area contributed by atoms with Crippen molar-refractivity contribution in [3.8, 4) is 5.69 Å². The molecule has 2 aromatic carbocycles. The third-order valence-corrected chi connectivity index (χ3v) is 5.13. The van der Waals surface area contributed by atoms with Crippen molar-refractivity contribution in [1.82, 2.24) is 15.2 Å². The largest absolute Gasteiger partial charge is 0.416 e. The van der Waals surface area contributed by atoms with Gasteiger partial charge in [-0.1, -0.05) is 23.2 Å². The van der Waals surface area contributed by atoms with Gasteiger partial charge in [0, 0.05) is 11.3 Å². The molecule has 0 aliphatic carbocycles. The quantitative estimate of drug-likeness (QED) is 0.417. The van der Waals surface area contributed by atoms with Crippen LogP contribution in [-0.4, -0.2) is 21.4 Å². The van der Waals surface area contributed by atoms with Gasteiger partial charge < -0.3 is 0 Å². The molecule has 0 unspecified atom stereocenters. The number of amides is 1. The molecule has 0 aliphatic rings. The smallest absolute Gasteiger partial charge is 0.295 e. The Morgan fingerprint density at radius 1 is 1.10 bits per heavy atom. The first-order valence-electron chi connectivity index (χ1n) is 8.78. The summed E-state index contributed by atoms with van der Waals surface area (Å²) in [5.41, 5.74) is 2.30. The molecule has 0 spiro atoms. The summed E-state index contributed by atoms with van der Waals surface area (Å²) in [5, 5.41) is 7.43. The van der Waals surface area contributed by atoms with E-state index >= 15 is 0 Å². The second-order valence-corrected chi connectivity index (χ2v) is 7.38. The molecule has 2 N–H and O–H groups in total. The molecule has 0 bridgehead atoms. The van der Waals surface area contributed by atoms with Gasteiger partial charge in [0.1, 0.15) is 0 Å². The highest BCUT2D eigenvalue weighted by atomic mass is 35.5. The monoisotopic (exact) mass is 470 g/mol. The van der Waals surface area contributed by atoms with Gasteiger partial charge in [-0.15, -0.1) is 0 Å². The van der Waals surface area contributed by atoms with Crippen molar-refractivity contribution in [1.29, 1.82) is 0 Å². The van der Waals surface area contributed by atoms with E-state index < -0.39 is 23.2 Å². The number of nitrogens with one attached hydrogen (secondary N) is 2. The number of aryl methyl sites for hydroxylation is 1. The van der Waals surface area contributed by atoms with E-state index in [0.717, 1.165) is 24.3 Å². The fourth-order valence-electron chi connectivity index (χ4n) is 2.84. The van der Waals surface area contributed by atoms with E-state index in [9.17, 15) is 22.8 Å². The molecule has 11 heteroatoms. The van der Waals surface area contributed by atoms with Crippen LogP contribution < -0.4 is 11.0 Å². The third-order valence-electron chi connectivity index (χ3n) is 4.39. The Labute approximate surface area is 184 Å². The summed E-state index contributed by atoms with van der Waals surface area (Å²) >= 11 is 11.9. The van der Waals surface area contributed by atoms with Crippen LogP contribution in [0, 0.1) is 6.92 Å². The van der Waals surface area contributed by atoms with Crippen LogP contribution in [0.5, 0.6) is 0 Å². The molecule has 162 valence electrons. The molecule has 6 nitrogen and oxygen atoms in total. The second-order valence-electron chi connectivity index (χ2n) is 6.56. The number of carbonyl (C=O) groups is 1. The number of carbonyl (C=O) groups excluding carboxylic acids is 1. The molecule has 0 radical (unpaired) electrons. The van der Waals surface area contributed by atoms with Gasteiger partial charge in [0.25, 0.3) is 11.5 Å². The summed E-state index contributed by atoms with van der Waals surface area (Å²) in [6, 6.07) is 8.36. The summed E-state index contributed by atoms with van der Waals surface area (Å²) in [5.74, 6) is -0.717. The second kappa shape index (κ2) is 8.60. The van der Waals surface area contributed by atoms with Crippen molar-refractivity contribution >= 4 is 34.8 Å². The molecule has 1 aromatic heterocycles. The molecule has 3 aromatic rings. The van der Waals surface area contributed by atoms with Gasteiger partial charge in [0.05, 0.1) is 32.6 Å². The molecule has 1 heterocycles. The maximum atomic E-state index is 12.8. The Bertz CT molecular complexity index is 1230. The number of benzene rings is 2. The maximum Gasteiger partial charge on any atom is 0.416 e. The van der Waals surface area contributed by atoms with Crippen molar-refractivity contribution in [3.63, 3.8) is 0 Å². The van der Waals surface area contributed by atoms with Gasteiger partial charge in [0.15, 0.2) is 0 Å². The van der Waals surface area contributed by atoms with Gasteiger partial charge in [-0.05, 0) is 56.3 Å². The van der Waals surface area contributed by atoms with E-state index in [1.165, 1.54) is 17.7 Å². The molecular formula is C20H15Cl2F3N4O2.